The lowest BCUT2D eigenvalue weighted by atomic mass is 9.90. The summed E-state index contributed by atoms with van der Waals surface area (Å²) < 4.78 is 11.9. The van der Waals surface area contributed by atoms with E-state index in [2.05, 4.69) is 27.8 Å². The van der Waals surface area contributed by atoms with E-state index in [9.17, 15) is 9.90 Å². The number of hydrogen-bond acceptors (Lipinski definition) is 4. The van der Waals surface area contributed by atoms with Crippen LogP contribution in [0.15, 0.2) is 16.6 Å². The molecule has 1 heterocycles. The van der Waals surface area contributed by atoms with Crippen molar-refractivity contribution in [2.24, 2.45) is 11.8 Å². The lowest BCUT2D eigenvalue weighted by Crippen LogP contribution is -2.41. The molecule has 128 valence electrons. The van der Waals surface area contributed by atoms with Crippen LogP contribution in [0, 0.1) is 11.8 Å². The van der Waals surface area contributed by atoms with Crippen LogP contribution < -0.4 is 9.47 Å². The first kappa shape index (κ1) is 18.1. The molecule has 1 aromatic rings. The quantitative estimate of drug-likeness (QED) is 0.812. The number of aliphatic carboxylic acids is 1. The minimum Gasteiger partial charge on any atom is -0.492 e. The van der Waals surface area contributed by atoms with Gasteiger partial charge in [0.15, 0.2) is 11.5 Å². The zero-order valence-electron chi connectivity index (χ0n) is 13.8. The number of benzene rings is 1. The lowest BCUT2D eigenvalue weighted by Gasteiger charge is -2.34. The smallest absolute Gasteiger partial charge is 0.307 e. The molecule has 2 unspecified atom stereocenters. The summed E-state index contributed by atoms with van der Waals surface area (Å²) in [6, 6.07) is 3.98. The first-order valence-corrected chi connectivity index (χ1v) is 8.68. The second-order valence-electron chi connectivity index (χ2n) is 6.11. The highest BCUT2D eigenvalue weighted by Gasteiger charge is 2.29. The Morgan fingerprint density at radius 1 is 1.43 bits per heavy atom. The maximum absolute atomic E-state index is 11.3. The van der Waals surface area contributed by atoms with Crippen LogP contribution in [0.1, 0.15) is 25.8 Å². The third-order valence-corrected chi connectivity index (χ3v) is 4.65. The Bertz CT molecular complexity index is 564. The summed E-state index contributed by atoms with van der Waals surface area (Å²) in [5, 5.41) is 9.30. The summed E-state index contributed by atoms with van der Waals surface area (Å²) in [4.78, 5) is 13.5. The average Bonchev–Trinajstić information content (AvgIpc) is 2.46. The average molecular weight is 386 g/mol. The summed E-state index contributed by atoms with van der Waals surface area (Å²) in [6.45, 7) is 6.82. The van der Waals surface area contributed by atoms with Gasteiger partial charge in [-0.05, 0) is 52.9 Å². The van der Waals surface area contributed by atoms with Crippen molar-refractivity contribution in [2.75, 3.05) is 26.8 Å². The number of carbonyl (C=O) groups is 1. The Morgan fingerprint density at radius 3 is 2.78 bits per heavy atom. The standard InChI is InChI=1S/C17H24BrNO4/c1-4-23-15-7-12(6-14(18)16(15)22-3)9-19-8-11(2)5-13(10-19)17(20)21/h6-7,11,13H,4-5,8-10H2,1-3H3,(H,20,21). The Labute approximate surface area is 145 Å². The van der Waals surface area contributed by atoms with Gasteiger partial charge in [-0.1, -0.05) is 6.92 Å². The van der Waals surface area contributed by atoms with Gasteiger partial charge in [-0.15, -0.1) is 0 Å². The molecule has 5 nitrogen and oxygen atoms in total. The molecule has 2 atom stereocenters. The summed E-state index contributed by atoms with van der Waals surface area (Å²) in [5.41, 5.74) is 1.08. The van der Waals surface area contributed by atoms with Gasteiger partial charge in [0.1, 0.15) is 0 Å². The third-order valence-electron chi connectivity index (χ3n) is 4.06. The van der Waals surface area contributed by atoms with Crippen molar-refractivity contribution in [3.8, 4) is 11.5 Å². The number of likely N-dealkylation sites (tertiary alicyclic amines) is 1. The fourth-order valence-corrected chi connectivity index (χ4v) is 3.85. The van der Waals surface area contributed by atoms with Gasteiger partial charge in [0.05, 0.1) is 24.1 Å². The van der Waals surface area contributed by atoms with Gasteiger partial charge in [-0.3, -0.25) is 9.69 Å². The maximum Gasteiger partial charge on any atom is 0.307 e. The molecule has 0 bridgehead atoms. The molecule has 23 heavy (non-hydrogen) atoms. The highest BCUT2D eigenvalue weighted by molar-refractivity contribution is 9.10. The molecular weight excluding hydrogens is 362 g/mol. The predicted molar refractivity (Wildman–Crippen MR) is 92.0 cm³/mol. The molecule has 1 aromatic carbocycles. The fourth-order valence-electron chi connectivity index (χ4n) is 3.20. The van der Waals surface area contributed by atoms with Crippen molar-refractivity contribution in [1.29, 1.82) is 0 Å². The Balaban J connectivity index is 2.17. The Kier molecular flexibility index (Phi) is 6.30. The number of carboxylic acids is 1. The van der Waals surface area contributed by atoms with Gasteiger partial charge in [-0.2, -0.15) is 0 Å². The summed E-state index contributed by atoms with van der Waals surface area (Å²) in [5.74, 6) is 0.794. The zero-order chi connectivity index (χ0) is 17.0. The molecule has 1 aliphatic rings. The van der Waals surface area contributed by atoms with Gasteiger partial charge < -0.3 is 14.6 Å². The van der Waals surface area contributed by atoms with Crippen LogP contribution in [0.2, 0.25) is 0 Å². The minimum absolute atomic E-state index is 0.285. The van der Waals surface area contributed by atoms with Crippen LogP contribution in [0.3, 0.4) is 0 Å². The second kappa shape index (κ2) is 8.02. The largest absolute Gasteiger partial charge is 0.492 e. The fraction of sp³-hybridized carbons (Fsp3) is 0.588. The van der Waals surface area contributed by atoms with Crippen molar-refractivity contribution >= 4 is 21.9 Å². The maximum atomic E-state index is 11.3. The first-order chi connectivity index (χ1) is 10.9. The summed E-state index contributed by atoms with van der Waals surface area (Å²) >= 11 is 3.52. The van der Waals surface area contributed by atoms with E-state index < -0.39 is 5.97 Å². The molecular formula is C17H24BrNO4. The highest BCUT2D eigenvalue weighted by atomic mass is 79.9. The number of rotatable bonds is 6. The normalized spacial score (nSPS) is 21.9. The van der Waals surface area contributed by atoms with E-state index in [1.165, 1.54) is 0 Å². The molecule has 0 spiro atoms. The van der Waals surface area contributed by atoms with E-state index >= 15 is 0 Å². The van der Waals surface area contributed by atoms with Crippen molar-refractivity contribution in [2.45, 2.75) is 26.8 Å². The van der Waals surface area contributed by atoms with Crippen LogP contribution in [0.4, 0.5) is 0 Å². The molecule has 0 saturated carbocycles. The highest BCUT2D eigenvalue weighted by Crippen LogP contribution is 2.37. The number of ether oxygens (including phenoxy) is 2. The van der Waals surface area contributed by atoms with Crippen LogP contribution in [0.25, 0.3) is 0 Å². The van der Waals surface area contributed by atoms with Crippen molar-refractivity contribution in [1.82, 2.24) is 4.90 Å². The Hall–Kier alpha value is -1.27. The molecule has 1 saturated heterocycles. The van der Waals surface area contributed by atoms with Crippen LogP contribution in [0.5, 0.6) is 11.5 Å². The van der Waals surface area contributed by atoms with E-state index in [1.807, 2.05) is 19.1 Å². The number of halogens is 1. The lowest BCUT2D eigenvalue weighted by molar-refractivity contribution is -0.144. The molecule has 6 heteroatoms. The molecule has 0 aromatic heterocycles. The topological polar surface area (TPSA) is 59.0 Å². The Morgan fingerprint density at radius 2 is 2.17 bits per heavy atom. The van der Waals surface area contributed by atoms with Gasteiger partial charge >= 0.3 is 5.97 Å². The minimum atomic E-state index is -0.701. The van der Waals surface area contributed by atoms with E-state index in [-0.39, 0.29) is 5.92 Å². The third kappa shape index (κ3) is 4.61. The SMILES string of the molecule is CCOc1cc(CN2CC(C)CC(C(=O)O)C2)cc(Br)c1OC. The summed E-state index contributed by atoms with van der Waals surface area (Å²) in [7, 11) is 1.62. The number of hydrogen-bond donors (Lipinski definition) is 1. The first-order valence-electron chi connectivity index (χ1n) is 7.88. The van der Waals surface area contributed by atoms with E-state index in [4.69, 9.17) is 9.47 Å². The van der Waals surface area contributed by atoms with Crippen LogP contribution in [-0.2, 0) is 11.3 Å². The van der Waals surface area contributed by atoms with E-state index in [0.29, 0.717) is 37.1 Å². The monoisotopic (exact) mass is 385 g/mol. The molecule has 1 N–H and O–H groups in total. The molecule has 0 aliphatic carbocycles. The molecule has 1 fully saturated rings. The van der Waals surface area contributed by atoms with Crippen molar-refractivity contribution < 1.29 is 19.4 Å². The van der Waals surface area contributed by atoms with Gasteiger partial charge in [0, 0.05) is 19.6 Å². The van der Waals surface area contributed by atoms with E-state index in [1.54, 1.807) is 7.11 Å². The molecule has 2 rings (SSSR count). The number of nitrogens with zero attached hydrogens (tertiary/aromatic N) is 1. The second-order valence-corrected chi connectivity index (χ2v) is 6.97. The van der Waals surface area contributed by atoms with E-state index in [0.717, 1.165) is 23.0 Å². The molecule has 1 aliphatic heterocycles. The van der Waals surface area contributed by atoms with Gasteiger partial charge in [0.2, 0.25) is 0 Å². The van der Waals surface area contributed by atoms with Crippen LogP contribution in [-0.4, -0.2) is 42.8 Å². The number of methoxy groups -OCH3 is 1. The predicted octanol–water partition coefficient (Wildman–Crippen LogP) is 3.40. The zero-order valence-corrected chi connectivity index (χ0v) is 15.4. The van der Waals surface area contributed by atoms with Crippen molar-refractivity contribution in [3.05, 3.63) is 22.2 Å². The van der Waals surface area contributed by atoms with Gasteiger partial charge in [-0.25, -0.2) is 0 Å². The van der Waals surface area contributed by atoms with Crippen molar-refractivity contribution in [3.63, 3.8) is 0 Å². The molecule has 0 radical (unpaired) electrons. The van der Waals surface area contributed by atoms with Gasteiger partial charge in [0.25, 0.3) is 0 Å². The summed E-state index contributed by atoms with van der Waals surface area (Å²) in [6.07, 6.45) is 0.752. The van der Waals surface area contributed by atoms with Crippen LogP contribution >= 0.6 is 15.9 Å². The number of piperidine rings is 1. The number of carboxylic acid groups (broad SMARTS) is 1. The molecule has 0 amide bonds.